The van der Waals surface area contributed by atoms with Crippen LogP contribution in [0.5, 0.6) is 0 Å². The van der Waals surface area contributed by atoms with Crippen molar-refractivity contribution in [2.75, 3.05) is 20.3 Å². The Hall–Kier alpha value is -1.72. The predicted octanol–water partition coefficient (Wildman–Crippen LogP) is 2.11. The lowest BCUT2D eigenvalue weighted by molar-refractivity contribution is 0.199. The molecule has 0 aliphatic carbocycles. The van der Waals surface area contributed by atoms with E-state index < -0.39 is 0 Å². The van der Waals surface area contributed by atoms with E-state index in [4.69, 9.17) is 4.74 Å². The molecule has 0 bridgehead atoms. The SMILES string of the molecule is COCCNCc1cn(Cc2cccc(F)c2)nc1C. The van der Waals surface area contributed by atoms with Gasteiger partial charge in [-0.25, -0.2) is 4.39 Å². The Morgan fingerprint density at radius 2 is 2.25 bits per heavy atom. The summed E-state index contributed by atoms with van der Waals surface area (Å²) in [5.41, 5.74) is 3.05. The van der Waals surface area contributed by atoms with E-state index >= 15 is 0 Å². The Balaban J connectivity index is 1.96. The van der Waals surface area contributed by atoms with Crippen LogP contribution in [0.1, 0.15) is 16.8 Å². The Bertz CT molecular complexity index is 554. The minimum Gasteiger partial charge on any atom is -0.383 e. The summed E-state index contributed by atoms with van der Waals surface area (Å²) < 4.78 is 20.0. The molecule has 0 radical (unpaired) electrons. The number of aromatic nitrogens is 2. The molecule has 0 amide bonds. The minimum atomic E-state index is -0.215. The number of hydrogen-bond acceptors (Lipinski definition) is 3. The van der Waals surface area contributed by atoms with Gasteiger partial charge in [-0.05, 0) is 24.6 Å². The van der Waals surface area contributed by atoms with Gasteiger partial charge in [-0.1, -0.05) is 12.1 Å². The zero-order valence-corrected chi connectivity index (χ0v) is 11.9. The van der Waals surface area contributed by atoms with Crippen LogP contribution in [0.3, 0.4) is 0 Å². The van der Waals surface area contributed by atoms with Crippen LogP contribution in [0.4, 0.5) is 4.39 Å². The van der Waals surface area contributed by atoms with Crippen molar-refractivity contribution in [3.63, 3.8) is 0 Å². The second-order valence-electron chi connectivity index (χ2n) is 4.74. The van der Waals surface area contributed by atoms with E-state index in [1.165, 1.54) is 12.1 Å². The number of nitrogens with one attached hydrogen (secondary N) is 1. The molecular weight excluding hydrogens is 257 g/mol. The average molecular weight is 277 g/mol. The second-order valence-corrected chi connectivity index (χ2v) is 4.74. The van der Waals surface area contributed by atoms with Gasteiger partial charge in [0.2, 0.25) is 0 Å². The van der Waals surface area contributed by atoms with E-state index in [9.17, 15) is 4.39 Å². The Kier molecular flexibility index (Phi) is 5.26. The van der Waals surface area contributed by atoms with Crippen molar-refractivity contribution in [2.24, 2.45) is 0 Å². The molecule has 1 heterocycles. The van der Waals surface area contributed by atoms with Gasteiger partial charge in [-0.15, -0.1) is 0 Å². The van der Waals surface area contributed by atoms with Gasteiger partial charge >= 0.3 is 0 Å². The zero-order valence-electron chi connectivity index (χ0n) is 11.9. The van der Waals surface area contributed by atoms with Crippen LogP contribution in [0, 0.1) is 12.7 Å². The number of aryl methyl sites for hydroxylation is 1. The summed E-state index contributed by atoms with van der Waals surface area (Å²) >= 11 is 0. The standard InChI is InChI=1S/C15H20FN3O/c1-12-14(9-17-6-7-20-2)11-19(18-12)10-13-4-3-5-15(16)8-13/h3-5,8,11,17H,6-7,9-10H2,1-2H3. The van der Waals surface area contributed by atoms with Crippen LogP contribution in [-0.4, -0.2) is 30.0 Å². The maximum absolute atomic E-state index is 13.1. The maximum atomic E-state index is 13.1. The molecule has 0 atom stereocenters. The Morgan fingerprint density at radius 3 is 3.00 bits per heavy atom. The minimum absolute atomic E-state index is 0.215. The van der Waals surface area contributed by atoms with Gasteiger partial charge in [0.1, 0.15) is 5.82 Å². The summed E-state index contributed by atoms with van der Waals surface area (Å²) in [6.07, 6.45) is 2.00. The molecule has 0 spiro atoms. The molecule has 20 heavy (non-hydrogen) atoms. The lowest BCUT2D eigenvalue weighted by Gasteiger charge is -2.02. The van der Waals surface area contributed by atoms with Crippen molar-refractivity contribution in [3.8, 4) is 0 Å². The van der Waals surface area contributed by atoms with Crippen molar-refractivity contribution in [2.45, 2.75) is 20.0 Å². The van der Waals surface area contributed by atoms with Gasteiger partial charge < -0.3 is 10.1 Å². The first kappa shape index (κ1) is 14.7. The summed E-state index contributed by atoms with van der Waals surface area (Å²) in [6.45, 7) is 4.83. The molecular formula is C15H20FN3O. The van der Waals surface area contributed by atoms with E-state index in [0.717, 1.165) is 29.9 Å². The monoisotopic (exact) mass is 277 g/mol. The number of benzene rings is 1. The van der Waals surface area contributed by atoms with Crippen molar-refractivity contribution in [1.29, 1.82) is 0 Å². The molecule has 0 saturated carbocycles. The second kappa shape index (κ2) is 7.17. The molecule has 0 fully saturated rings. The Morgan fingerprint density at radius 1 is 1.40 bits per heavy atom. The third-order valence-electron chi connectivity index (χ3n) is 3.08. The zero-order chi connectivity index (χ0) is 14.4. The van der Waals surface area contributed by atoms with Crippen LogP contribution in [0.25, 0.3) is 0 Å². The molecule has 1 aromatic carbocycles. The average Bonchev–Trinajstić information content (AvgIpc) is 2.75. The van der Waals surface area contributed by atoms with Crippen molar-refractivity contribution < 1.29 is 9.13 Å². The van der Waals surface area contributed by atoms with Crippen LogP contribution < -0.4 is 5.32 Å². The molecule has 5 heteroatoms. The van der Waals surface area contributed by atoms with E-state index in [1.54, 1.807) is 13.2 Å². The molecule has 0 saturated heterocycles. The predicted molar refractivity (Wildman–Crippen MR) is 76.0 cm³/mol. The highest BCUT2D eigenvalue weighted by atomic mass is 19.1. The fourth-order valence-electron chi connectivity index (χ4n) is 2.03. The molecule has 2 aromatic rings. The maximum Gasteiger partial charge on any atom is 0.123 e. The molecule has 1 N–H and O–H groups in total. The first-order chi connectivity index (χ1) is 9.69. The van der Waals surface area contributed by atoms with Crippen molar-refractivity contribution >= 4 is 0 Å². The number of ether oxygens (including phenoxy) is 1. The lowest BCUT2D eigenvalue weighted by Crippen LogP contribution is -2.18. The molecule has 108 valence electrons. The molecule has 0 aliphatic heterocycles. The third-order valence-corrected chi connectivity index (χ3v) is 3.08. The summed E-state index contributed by atoms with van der Waals surface area (Å²) in [7, 11) is 1.68. The number of hydrogen-bond donors (Lipinski definition) is 1. The molecule has 1 aromatic heterocycles. The summed E-state index contributed by atoms with van der Waals surface area (Å²) in [6, 6.07) is 6.60. The molecule has 4 nitrogen and oxygen atoms in total. The first-order valence-corrected chi connectivity index (χ1v) is 6.66. The molecule has 0 aliphatic rings. The highest BCUT2D eigenvalue weighted by Crippen LogP contribution is 2.09. The van der Waals surface area contributed by atoms with Crippen molar-refractivity contribution in [1.82, 2.24) is 15.1 Å². The van der Waals surface area contributed by atoms with E-state index in [2.05, 4.69) is 10.4 Å². The first-order valence-electron chi connectivity index (χ1n) is 6.66. The van der Waals surface area contributed by atoms with Gasteiger partial charge in [0.25, 0.3) is 0 Å². The number of methoxy groups -OCH3 is 1. The topological polar surface area (TPSA) is 39.1 Å². The summed E-state index contributed by atoms with van der Waals surface area (Å²) in [5, 5.41) is 7.75. The summed E-state index contributed by atoms with van der Waals surface area (Å²) in [4.78, 5) is 0. The van der Waals surface area contributed by atoms with Crippen LogP contribution in [0.2, 0.25) is 0 Å². The fourth-order valence-corrected chi connectivity index (χ4v) is 2.03. The highest BCUT2D eigenvalue weighted by Gasteiger charge is 2.05. The normalized spacial score (nSPS) is 10.9. The quantitative estimate of drug-likeness (QED) is 0.788. The van der Waals surface area contributed by atoms with E-state index in [-0.39, 0.29) is 5.82 Å². The number of rotatable bonds is 7. The number of nitrogens with zero attached hydrogens (tertiary/aromatic N) is 2. The van der Waals surface area contributed by atoms with Crippen molar-refractivity contribution in [3.05, 3.63) is 53.1 Å². The van der Waals surface area contributed by atoms with Crippen LogP contribution in [-0.2, 0) is 17.8 Å². The Labute approximate surface area is 118 Å². The smallest absolute Gasteiger partial charge is 0.123 e. The third kappa shape index (κ3) is 4.15. The van der Waals surface area contributed by atoms with E-state index in [1.807, 2.05) is 23.9 Å². The van der Waals surface area contributed by atoms with E-state index in [0.29, 0.717) is 13.2 Å². The lowest BCUT2D eigenvalue weighted by atomic mass is 10.2. The summed E-state index contributed by atoms with van der Waals surface area (Å²) in [5.74, 6) is -0.215. The fraction of sp³-hybridized carbons (Fsp3) is 0.400. The largest absolute Gasteiger partial charge is 0.383 e. The van der Waals surface area contributed by atoms with Gasteiger partial charge in [-0.2, -0.15) is 5.10 Å². The molecule has 2 rings (SSSR count). The van der Waals surface area contributed by atoms with Gasteiger partial charge in [0.15, 0.2) is 0 Å². The molecule has 0 unspecified atom stereocenters. The van der Waals surface area contributed by atoms with Crippen LogP contribution >= 0.6 is 0 Å². The highest BCUT2D eigenvalue weighted by molar-refractivity contribution is 5.19. The van der Waals surface area contributed by atoms with Gasteiger partial charge in [0.05, 0.1) is 18.8 Å². The van der Waals surface area contributed by atoms with Gasteiger partial charge in [-0.3, -0.25) is 4.68 Å². The van der Waals surface area contributed by atoms with Crippen LogP contribution in [0.15, 0.2) is 30.5 Å². The number of halogens is 1. The van der Waals surface area contributed by atoms with Gasteiger partial charge in [0, 0.05) is 32.0 Å².